The Morgan fingerprint density at radius 1 is 1.33 bits per heavy atom. The van der Waals surface area contributed by atoms with Gasteiger partial charge in [0.1, 0.15) is 5.01 Å². The quantitative estimate of drug-likeness (QED) is 0.617. The number of carbonyl (C=O) groups excluding carboxylic acids is 2. The summed E-state index contributed by atoms with van der Waals surface area (Å²) in [5.41, 5.74) is 0.940. The van der Waals surface area contributed by atoms with Crippen molar-refractivity contribution in [3.63, 3.8) is 0 Å². The van der Waals surface area contributed by atoms with Crippen LogP contribution in [0.15, 0.2) is 36.4 Å². The van der Waals surface area contributed by atoms with Crippen molar-refractivity contribution in [2.24, 2.45) is 5.92 Å². The van der Waals surface area contributed by atoms with Crippen LogP contribution in [0.1, 0.15) is 24.3 Å². The van der Waals surface area contributed by atoms with E-state index < -0.39 is 0 Å². The van der Waals surface area contributed by atoms with E-state index in [1.807, 2.05) is 30.3 Å². The minimum absolute atomic E-state index is 0.114. The normalized spacial score (nSPS) is 17.0. The lowest BCUT2D eigenvalue weighted by atomic mass is 9.95. The molecule has 24 heavy (non-hydrogen) atoms. The van der Waals surface area contributed by atoms with Crippen molar-refractivity contribution in [2.45, 2.75) is 25.8 Å². The highest BCUT2D eigenvalue weighted by Gasteiger charge is 2.22. The monoisotopic (exact) mass is 344 g/mol. The number of amides is 1. The highest BCUT2D eigenvalue weighted by atomic mass is 32.1. The van der Waals surface area contributed by atoms with Gasteiger partial charge in [-0.25, -0.2) is 4.98 Å². The topological polar surface area (TPSA) is 59.5 Å². The van der Waals surface area contributed by atoms with E-state index in [1.54, 1.807) is 23.3 Å². The Hall–Kier alpha value is -2.21. The number of thiazole rings is 1. The molecular formula is C18H20N2O3S. The average Bonchev–Trinajstić information content (AvgIpc) is 3.02. The maximum absolute atomic E-state index is 12.2. The van der Waals surface area contributed by atoms with Crippen LogP contribution in [-0.4, -0.2) is 35.4 Å². The van der Waals surface area contributed by atoms with Crippen LogP contribution in [0.5, 0.6) is 0 Å². The van der Waals surface area contributed by atoms with Crippen molar-refractivity contribution in [1.29, 1.82) is 0 Å². The molecule has 0 radical (unpaired) electrons. The fourth-order valence-electron chi connectivity index (χ4n) is 2.65. The van der Waals surface area contributed by atoms with Crippen molar-refractivity contribution in [3.8, 4) is 0 Å². The number of nitrogens with zero attached hydrogens (tertiary/aromatic N) is 2. The molecular weight excluding hydrogens is 324 g/mol. The first-order valence-corrected chi connectivity index (χ1v) is 8.85. The Labute approximate surface area is 144 Å². The molecule has 1 aromatic heterocycles. The molecule has 6 heteroatoms. The van der Waals surface area contributed by atoms with Crippen LogP contribution in [0, 0.1) is 5.92 Å². The van der Waals surface area contributed by atoms with Gasteiger partial charge in [-0.1, -0.05) is 24.3 Å². The molecule has 0 aliphatic heterocycles. The Bertz CT molecular complexity index is 735. The maximum atomic E-state index is 12.2. The van der Waals surface area contributed by atoms with Gasteiger partial charge >= 0.3 is 5.97 Å². The number of hydrogen-bond acceptors (Lipinski definition) is 5. The summed E-state index contributed by atoms with van der Waals surface area (Å²) >= 11 is 1.57. The Kier molecular flexibility index (Phi) is 5.25. The Morgan fingerprint density at radius 2 is 2.17 bits per heavy atom. The molecule has 0 saturated heterocycles. The van der Waals surface area contributed by atoms with Gasteiger partial charge in [-0.15, -0.1) is 11.3 Å². The smallest absolute Gasteiger partial charge is 0.309 e. The zero-order valence-corrected chi connectivity index (χ0v) is 14.4. The van der Waals surface area contributed by atoms with Gasteiger partial charge in [0.25, 0.3) is 5.91 Å². The first kappa shape index (κ1) is 16.6. The number of ether oxygens (including phenoxy) is 1. The number of benzene rings is 1. The fraction of sp³-hybridized carbons (Fsp3) is 0.389. The number of para-hydroxylation sites is 1. The van der Waals surface area contributed by atoms with Crippen LogP contribution in [0.4, 0.5) is 0 Å². The van der Waals surface area contributed by atoms with E-state index in [-0.39, 0.29) is 24.4 Å². The molecule has 1 heterocycles. The summed E-state index contributed by atoms with van der Waals surface area (Å²) in [5, 5.41) is 0.871. The summed E-state index contributed by atoms with van der Waals surface area (Å²) in [4.78, 5) is 30.2. The third kappa shape index (κ3) is 4.00. The molecule has 1 aromatic carbocycles. The predicted octanol–water partition coefficient (Wildman–Crippen LogP) is 3.15. The van der Waals surface area contributed by atoms with Gasteiger partial charge in [-0.2, -0.15) is 0 Å². The molecule has 1 aliphatic rings. The van der Waals surface area contributed by atoms with Gasteiger partial charge in [0.05, 0.1) is 22.7 Å². The first-order chi connectivity index (χ1) is 11.6. The molecule has 126 valence electrons. The van der Waals surface area contributed by atoms with E-state index in [4.69, 9.17) is 4.74 Å². The molecule has 1 amide bonds. The van der Waals surface area contributed by atoms with Crippen molar-refractivity contribution >= 4 is 33.4 Å². The molecule has 2 aromatic rings. The number of rotatable bonds is 5. The van der Waals surface area contributed by atoms with E-state index >= 15 is 0 Å². The van der Waals surface area contributed by atoms with Crippen molar-refractivity contribution in [3.05, 3.63) is 41.4 Å². The SMILES string of the molecule is CN(Cc1nc2ccccc2s1)C(=O)COC(=O)[C@H]1CC=CCC1. The highest BCUT2D eigenvalue weighted by molar-refractivity contribution is 7.18. The molecule has 1 aliphatic carbocycles. The number of allylic oxidation sites excluding steroid dienone is 2. The van der Waals surface area contributed by atoms with Crippen molar-refractivity contribution in [2.75, 3.05) is 13.7 Å². The second kappa shape index (κ2) is 7.57. The van der Waals surface area contributed by atoms with E-state index in [2.05, 4.69) is 11.1 Å². The molecule has 3 rings (SSSR count). The van der Waals surface area contributed by atoms with Crippen LogP contribution in [0.3, 0.4) is 0 Å². The summed E-state index contributed by atoms with van der Waals surface area (Å²) in [6.45, 7) is 0.211. The summed E-state index contributed by atoms with van der Waals surface area (Å²) in [5.74, 6) is -0.604. The second-order valence-electron chi connectivity index (χ2n) is 5.91. The Morgan fingerprint density at radius 3 is 2.92 bits per heavy atom. The van der Waals surface area contributed by atoms with Gasteiger partial charge in [0.2, 0.25) is 0 Å². The first-order valence-electron chi connectivity index (χ1n) is 8.03. The fourth-order valence-corrected chi connectivity index (χ4v) is 3.67. The number of carbonyl (C=O) groups is 2. The van der Waals surface area contributed by atoms with E-state index in [0.717, 1.165) is 28.1 Å². The number of fused-ring (bicyclic) bond motifs is 1. The summed E-state index contributed by atoms with van der Waals surface area (Å²) < 4.78 is 6.28. The molecule has 1 atom stereocenters. The third-order valence-corrected chi connectivity index (χ3v) is 5.10. The van der Waals surface area contributed by atoms with Gasteiger partial charge in [-0.3, -0.25) is 9.59 Å². The minimum atomic E-state index is -0.277. The number of hydrogen-bond donors (Lipinski definition) is 0. The summed E-state index contributed by atoms with van der Waals surface area (Å²) in [7, 11) is 1.70. The standard InChI is InChI=1S/C18H20N2O3S/c1-20(11-16-19-14-9-5-6-10-15(14)24-16)17(21)12-23-18(22)13-7-3-2-4-8-13/h2-3,5-6,9-10,13H,4,7-8,11-12H2,1H3/t13-/m0/s1. The third-order valence-electron chi connectivity index (χ3n) is 4.08. The number of esters is 1. The van der Waals surface area contributed by atoms with Gasteiger partial charge < -0.3 is 9.64 Å². The van der Waals surface area contributed by atoms with Gasteiger partial charge in [0, 0.05) is 7.05 Å². The molecule has 0 N–H and O–H groups in total. The number of aromatic nitrogens is 1. The molecule has 0 saturated carbocycles. The largest absolute Gasteiger partial charge is 0.455 e. The van der Waals surface area contributed by atoms with Crippen LogP contribution in [0.2, 0.25) is 0 Å². The van der Waals surface area contributed by atoms with Crippen molar-refractivity contribution in [1.82, 2.24) is 9.88 Å². The second-order valence-corrected chi connectivity index (χ2v) is 7.03. The lowest BCUT2D eigenvalue weighted by Gasteiger charge is -2.18. The molecule has 0 unspecified atom stereocenters. The summed E-state index contributed by atoms with van der Waals surface area (Å²) in [6.07, 6.45) is 6.46. The molecule has 0 spiro atoms. The predicted molar refractivity (Wildman–Crippen MR) is 93.5 cm³/mol. The lowest BCUT2D eigenvalue weighted by Crippen LogP contribution is -2.32. The molecule has 0 bridgehead atoms. The van der Waals surface area contributed by atoms with Crippen LogP contribution in [0.25, 0.3) is 10.2 Å². The Balaban J connectivity index is 1.51. The van der Waals surface area contributed by atoms with E-state index in [9.17, 15) is 9.59 Å². The summed E-state index contributed by atoms with van der Waals surface area (Å²) in [6, 6.07) is 7.88. The van der Waals surface area contributed by atoms with Crippen molar-refractivity contribution < 1.29 is 14.3 Å². The maximum Gasteiger partial charge on any atom is 0.309 e. The van der Waals surface area contributed by atoms with Crippen LogP contribution < -0.4 is 0 Å². The number of likely N-dealkylation sites (N-methyl/N-ethyl adjacent to an activating group) is 1. The van der Waals surface area contributed by atoms with E-state index in [1.165, 1.54) is 0 Å². The van der Waals surface area contributed by atoms with E-state index in [0.29, 0.717) is 13.0 Å². The van der Waals surface area contributed by atoms with Gasteiger partial charge in [-0.05, 0) is 31.4 Å². The van der Waals surface area contributed by atoms with Crippen LogP contribution in [-0.2, 0) is 20.9 Å². The average molecular weight is 344 g/mol. The lowest BCUT2D eigenvalue weighted by molar-refractivity contribution is -0.155. The molecule has 0 fully saturated rings. The van der Waals surface area contributed by atoms with Crippen LogP contribution >= 0.6 is 11.3 Å². The zero-order chi connectivity index (χ0) is 16.9. The molecule has 5 nitrogen and oxygen atoms in total. The van der Waals surface area contributed by atoms with Gasteiger partial charge in [0.15, 0.2) is 6.61 Å². The highest BCUT2D eigenvalue weighted by Crippen LogP contribution is 2.22. The minimum Gasteiger partial charge on any atom is -0.455 e. The zero-order valence-electron chi connectivity index (χ0n) is 13.6.